The van der Waals surface area contributed by atoms with E-state index in [9.17, 15) is 19.2 Å². The molecule has 0 radical (unpaired) electrons. The van der Waals surface area contributed by atoms with E-state index in [-0.39, 0.29) is 21.5 Å². The van der Waals surface area contributed by atoms with E-state index in [1.165, 1.54) is 0 Å². The van der Waals surface area contributed by atoms with Gasteiger partial charge in [-0.25, -0.2) is 0 Å². The normalized spacial score (nSPS) is 11.1. The highest BCUT2D eigenvalue weighted by atomic mass is 16.2. The van der Waals surface area contributed by atoms with Crippen molar-refractivity contribution in [3.8, 4) is 34.8 Å². The molecule has 4 nitrogen and oxygen atoms in total. The Kier molecular flexibility index (Phi) is 7.97. The lowest BCUT2D eigenvalue weighted by Gasteiger charge is -2.15. The van der Waals surface area contributed by atoms with Crippen molar-refractivity contribution in [3.05, 3.63) is 76.3 Å². The zero-order valence-electron chi connectivity index (χ0n) is 21.0. The number of rotatable bonds is 8. The van der Waals surface area contributed by atoms with E-state index in [4.69, 9.17) is 0 Å². The maximum Gasteiger partial charge on any atom is 0.234 e. The molecule has 0 aromatic heterocycles. The second-order valence-corrected chi connectivity index (χ2v) is 9.43. The molecule has 0 amide bonds. The molecule has 182 valence electrons. The first-order valence-electron chi connectivity index (χ1n) is 13.0. The molecule has 0 N–H and O–H groups in total. The van der Waals surface area contributed by atoms with Crippen molar-refractivity contribution in [2.45, 2.75) is 78.1 Å². The lowest BCUT2D eigenvalue weighted by Crippen LogP contribution is -2.31. The molecule has 2 aromatic rings. The summed E-state index contributed by atoms with van der Waals surface area (Å²) in [6.45, 7) is 4.29. The zero-order valence-corrected chi connectivity index (χ0v) is 21.0. The summed E-state index contributed by atoms with van der Waals surface area (Å²) >= 11 is 0. The number of hydrogen-bond acceptors (Lipinski definition) is 4. The minimum Gasteiger partial charge on any atom is -0.285 e. The summed E-state index contributed by atoms with van der Waals surface area (Å²) in [7, 11) is 0. The Morgan fingerprint density at radius 2 is 0.833 bits per heavy atom. The highest BCUT2D eigenvalue weighted by Crippen LogP contribution is 2.35. The van der Waals surface area contributed by atoms with Crippen LogP contribution in [0.1, 0.15) is 89.2 Å². The molecule has 2 aliphatic rings. The molecule has 4 rings (SSSR count). The number of unbranched alkanes of at least 4 members (excludes halogenated alkanes) is 8. The molecule has 2 aromatic carbocycles. The van der Waals surface area contributed by atoms with Crippen molar-refractivity contribution >= 4 is 21.5 Å². The van der Waals surface area contributed by atoms with E-state index >= 15 is 0 Å². The number of hydrogen-bond donors (Lipinski definition) is 0. The third kappa shape index (κ3) is 4.95. The van der Waals surface area contributed by atoms with Gasteiger partial charge < -0.3 is 0 Å². The van der Waals surface area contributed by atoms with E-state index < -0.39 is 21.7 Å². The van der Waals surface area contributed by atoms with Crippen molar-refractivity contribution < 1.29 is 0 Å². The van der Waals surface area contributed by atoms with Gasteiger partial charge in [0.25, 0.3) is 0 Å². The molecule has 0 saturated heterocycles. The highest BCUT2D eigenvalue weighted by molar-refractivity contribution is 6.12. The minimum atomic E-state index is -0.678. The Bertz CT molecular complexity index is 1480. The smallest absolute Gasteiger partial charge is 0.234 e. The Labute approximate surface area is 210 Å². The van der Waals surface area contributed by atoms with Crippen LogP contribution in [0.2, 0.25) is 0 Å². The molecule has 0 saturated carbocycles. The van der Waals surface area contributed by atoms with E-state index in [1.807, 2.05) is 0 Å². The van der Waals surface area contributed by atoms with Crippen LogP contribution in [0.3, 0.4) is 0 Å². The monoisotopic (exact) mass is 478 g/mol. The predicted molar refractivity (Wildman–Crippen MR) is 148 cm³/mol. The summed E-state index contributed by atoms with van der Waals surface area (Å²) in [5.41, 5.74) is -1.01. The first-order valence-corrected chi connectivity index (χ1v) is 13.0. The van der Waals surface area contributed by atoms with E-state index in [0.29, 0.717) is 35.1 Å². The second-order valence-electron chi connectivity index (χ2n) is 9.43. The molecule has 0 unspecified atom stereocenters. The van der Waals surface area contributed by atoms with Crippen LogP contribution < -0.4 is 21.7 Å². The molecular weight excluding hydrogens is 448 g/mol. The summed E-state index contributed by atoms with van der Waals surface area (Å²) in [6.07, 6.45) is 10.2. The van der Waals surface area contributed by atoms with E-state index in [0.717, 1.165) is 51.4 Å². The first kappa shape index (κ1) is 25.3. The fourth-order valence-corrected chi connectivity index (χ4v) is 4.78. The first-order chi connectivity index (χ1) is 17.5. The lowest BCUT2D eigenvalue weighted by atomic mass is 9.85. The molecule has 0 heterocycles. The molecule has 4 heteroatoms. The average molecular weight is 479 g/mol. The van der Waals surface area contributed by atoms with Gasteiger partial charge in [-0.05, 0) is 37.1 Å². The summed E-state index contributed by atoms with van der Waals surface area (Å²) < 4.78 is 0. The van der Waals surface area contributed by atoms with Gasteiger partial charge in [0.2, 0.25) is 21.7 Å². The van der Waals surface area contributed by atoms with Gasteiger partial charge in [-0.2, -0.15) is 0 Å². The average Bonchev–Trinajstić information content (AvgIpc) is 2.88. The Hall–Kier alpha value is -3.76. The summed E-state index contributed by atoms with van der Waals surface area (Å²) in [6, 6.07) is 6.33. The molecule has 0 atom stereocenters. The van der Waals surface area contributed by atoms with Gasteiger partial charge in [-0.15, -0.1) is 0 Å². The van der Waals surface area contributed by atoms with Gasteiger partial charge in [0.1, 0.15) is 0 Å². The van der Waals surface area contributed by atoms with Crippen LogP contribution in [0.4, 0.5) is 0 Å². The maximum atomic E-state index is 13.1. The third-order valence-corrected chi connectivity index (χ3v) is 6.69. The largest absolute Gasteiger partial charge is 0.285 e. The molecular formula is C32H30O4. The SMILES string of the molecule is CCCCCCC#Cc1cc2c3c(c1)c(=O)c(=O)c1cc(C#CCCCCCC)cc(c1-3)c(=O)c2=O. The Balaban J connectivity index is 1.84. The van der Waals surface area contributed by atoms with Crippen molar-refractivity contribution in [2.24, 2.45) is 0 Å². The fourth-order valence-electron chi connectivity index (χ4n) is 4.78. The van der Waals surface area contributed by atoms with E-state index in [2.05, 4.69) is 37.5 Å². The van der Waals surface area contributed by atoms with Crippen LogP contribution >= 0.6 is 0 Å². The molecule has 0 aliphatic heterocycles. The predicted octanol–water partition coefficient (Wildman–Crippen LogP) is 5.50. The maximum absolute atomic E-state index is 13.1. The molecule has 0 bridgehead atoms. The molecule has 2 aliphatic carbocycles. The van der Waals surface area contributed by atoms with Gasteiger partial charge in [-0.1, -0.05) is 76.1 Å². The van der Waals surface area contributed by atoms with Gasteiger partial charge in [0, 0.05) is 56.6 Å². The topological polar surface area (TPSA) is 68.3 Å². The summed E-state index contributed by atoms with van der Waals surface area (Å²) in [4.78, 5) is 52.4. The van der Waals surface area contributed by atoms with E-state index in [1.54, 1.807) is 24.3 Å². The van der Waals surface area contributed by atoms with Crippen molar-refractivity contribution in [1.82, 2.24) is 0 Å². The Morgan fingerprint density at radius 1 is 0.500 bits per heavy atom. The van der Waals surface area contributed by atoms with Crippen LogP contribution in [0.15, 0.2) is 43.4 Å². The van der Waals surface area contributed by atoms with Crippen molar-refractivity contribution in [1.29, 1.82) is 0 Å². The zero-order chi connectivity index (χ0) is 25.7. The van der Waals surface area contributed by atoms with Gasteiger partial charge in [0.15, 0.2) is 0 Å². The molecule has 0 spiro atoms. The van der Waals surface area contributed by atoms with Crippen LogP contribution in [0, 0.1) is 23.7 Å². The summed E-state index contributed by atoms with van der Waals surface area (Å²) in [5.74, 6) is 12.2. The van der Waals surface area contributed by atoms with Crippen LogP contribution in [-0.4, -0.2) is 0 Å². The lowest BCUT2D eigenvalue weighted by molar-refractivity contribution is 0.679. The van der Waals surface area contributed by atoms with Crippen molar-refractivity contribution in [2.75, 3.05) is 0 Å². The summed E-state index contributed by atoms with van der Waals surface area (Å²) in [5, 5.41) is 0.601. The van der Waals surface area contributed by atoms with Crippen molar-refractivity contribution in [3.63, 3.8) is 0 Å². The molecule has 36 heavy (non-hydrogen) atoms. The fraction of sp³-hybridized carbons (Fsp3) is 0.375. The van der Waals surface area contributed by atoms with Crippen LogP contribution in [0.5, 0.6) is 0 Å². The van der Waals surface area contributed by atoms with Gasteiger partial charge >= 0.3 is 0 Å². The second kappa shape index (κ2) is 11.3. The highest BCUT2D eigenvalue weighted by Gasteiger charge is 2.25. The van der Waals surface area contributed by atoms with Gasteiger partial charge in [-0.3, -0.25) is 19.2 Å². The van der Waals surface area contributed by atoms with Gasteiger partial charge in [0.05, 0.1) is 0 Å². The third-order valence-electron chi connectivity index (χ3n) is 6.69. The standard InChI is InChI=1S/C32H30O4/c1-3-5-7-9-11-13-15-21-17-23-27-24(18-21)30(34)32(36)26-20-22(16-14-12-10-8-6-4-2)19-25(28(26)27)31(35)29(23)33/h17-20H,3-12H2,1-2H3. The molecule has 0 fully saturated rings. The number of benzene rings is 4. The van der Waals surface area contributed by atoms with Crippen LogP contribution in [0.25, 0.3) is 32.7 Å². The van der Waals surface area contributed by atoms with Crippen LogP contribution in [-0.2, 0) is 0 Å². The quantitative estimate of drug-likeness (QED) is 0.145. The minimum absolute atomic E-state index is 0.150. The Morgan fingerprint density at radius 3 is 1.14 bits per heavy atom.